The fourth-order valence-electron chi connectivity index (χ4n) is 2.38. The van der Waals surface area contributed by atoms with Crippen molar-refractivity contribution < 1.29 is 15.0 Å². The van der Waals surface area contributed by atoms with E-state index in [1.165, 1.54) is 12.8 Å². The largest absolute Gasteiger partial charge is 0.481 e. The van der Waals surface area contributed by atoms with Gasteiger partial charge in [0.2, 0.25) is 0 Å². The minimum absolute atomic E-state index is 0.210. The molecular formula is C12H23NO3. The second-order valence-corrected chi connectivity index (χ2v) is 4.86. The number of carboxylic acids is 1. The highest BCUT2D eigenvalue weighted by Crippen LogP contribution is 2.21. The van der Waals surface area contributed by atoms with Gasteiger partial charge in [0.25, 0.3) is 0 Å². The van der Waals surface area contributed by atoms with Crippen LogP contribution in [0, 0.1) is 5.92 Å². The molecule has 94 valence electrons. The monoisotopic (exact) mass is 229 g/mol. The lowest BCUT2D eigenvalue weighted by molar-refractivity contribution is -0.137. The zero-order valence-corrected chi connectivity index (χ0v) is 10.1. The van der Waals surface area contributed by atoms with E-state index in [0.717, 1.165) is 25.9 Å². The standard InChI is InChI=1S/C12H23NO3/c1-10(9-14)8-13-7-3-2-4-11(13)5-6-12(15)16/h10-11,14H,2-9H2,1H3,(H,15,16). The van der Waals surface area contributed by atoms with Gasteiger partial charge in [-0.1, -0.05) is 13.3 Å². The maximum Gasteiger partial charge on any atom is 0.303 e. The second-order valence-electron chi connectivity index (χ2n) is 4.86. The van der Waals surface area contributed by atoms with Gasteiger partial charge in [0, 0.05) is 25.6 Å². The van der Waals surface area contributed by atoms with Crippen LogP contribution in [0.4, 0.5) is 0 Å². The Labute approximate surface area is 97.3 Å². The van der Waals surface area contributed by atoms with Gasteiger partial charge in [-0.05, 0) is 31.7 Å². The number of rotatable bonds is 6. The number of carbonyl (C=O) groups is 1. The molecule has 0 bridgehead atoms. The summed E-state index contributed by atoms with van der Waals surface area (Å²) in [5, 5.41) is 17.7. The third-order valence-electron chi connectivity index (χ3n) is 3.30. The number of piperidine rings is 1. The summed E-state index contributed by atoms with van der Waals surface area (Å²) < 4.78 is 0. The topological polar surface area (TPSA) is 60.8 Å². The zero-order valence-electron chi connectivity index (χ0n) is 10.1. The van der Waals surface area contributed by atoms with Crippen LogP contribution in [0.25, 0.3) is 0 Å². The molecule has 1 heterocycles. The predicted molar refractivity (Wildman–Crippen MR) is 62.3 cm³/mol. The van der Waals surface area contributed by atoms with Crippen LogP contribution in [0.5, 0.6) is 0 Å². The highest BCUT2D eigenvalue weighted by atomic mass is 16.4. The van der Waals surface area contributed by atoms with Crippen LogP contribution in [-0.2, 0) is 4.79 Å². The summed E-state index contributed by atoms with van der Waals surface area (Å²) in [5.41, 5.74) is 0. The fraction of sp³-hybridized carbons (Fsp3) is 0.917. The van der Waals surface area contributed by atoms with Crippen molar-refractivity contribution in [3.8, 4) is 0 Å². The number of nitrogens with zero attached hydrogens (tertiary/aromatic N) is 1. The lowest BCUT2D eigenvalue weighted by atomic mass is 9.96. The molecule has 0 amide bonds. The highest BCUT2D eigenvalue weighted by molar-refractivity contribution is 5.66. The summed E-state index contributed by atoms with van der Waals surface area (Å²) in [6.07, 6.45) is 4.50. The lowest BCUT2D eigenvalue weighted by Gasteiger charge is -2.37. The number of aliphatic hydroxyl groups excluding tert-OH is 1. The zero-order chi connectivity index (χ0) is 12.0. The van der Waals surface area contributed by atoms with Crippen molar-refractivity contribution in [2.24, 2.45) is 5.92 Å². The molecule has 2 N–H and O–H groups in total. The average Bonchev–Trinajstić information content (AvgIpc) is 2.27. The van der Waals surface area contributed by atoms with E-state index < -0.39 is 5.97 Å². The summed E-state index contributed by atoms with van der Waals surface area (Å²) in [7, 11) is 0. The lowest BCUT2D eigenvalue weighted by Crippen LogP contribution is -2.42. The SMILES string of the molecule is CC(CO)CN1CCCCC1CCC(=O)O. The van der Waals surface area contributed by atoms with Crippen molar-refractivity contribution in [2.45, 2.75) is 45.1 Å². The van der Waals surface area contributed by atoms with Crippen LogP contribution in [0.15, 0.2) is 0 Å². The number of hydrogen-bond donors (Lipinski definition) is 2. The number of carboxylic acid groups (broad SMARTS) is 1. The van der Waals surface area contributed by atoms with E-state index in [2.05, 4.69) is 4.90 Å². The van der Waals surface area contributed by atoms with Crippen LogP contribution in [0.1, 0.15) is 39.0 Å². The summed E-state index contributed by atoms with van der Waals surface area (Å²) in [4.78, 5) is 12.9. The molecule has 0 aromatic rings. The smallest absolute Gasteiger partial charge is 0.303 e. The molecule has 0 aromatic carbocycles. The predicted octanol–water partition coefficient (Wildman–Crippen LogP) is 1.33. The Bertz CT molecular complexity index is 220. The molecule has 1 rings (SSSR count). The van der Waals surface area contributed by atoms with E-state index in [4.69, 9.17) is 10.2 Å². The van der Waals surface area contributed by atoms with Crippen LogP contribution < -0.4 is 0 Å². The van der Waals surface area contributed by atoms with Gasteiger partial charge < -0.3 is 15.1 Å². The number of aliphatic carboxylic acids is 1. The van der Waals surface area contributed by atoms with E-state index in [0.29, 0.717) is 6.04 Å². The van der Waals surface area contributed by atoms with Crippen molar-refractivity contribution in [3.05, 3.63) is 0 Å². The Morgan fingerprint density at radius 2 is 2.25 bits per heavy atom. The first-order chi connectivity index (χ1) is 7.63. The first kappa shape index (κ1) is 13.5. The van der Waals surface area contributed by atoms with E-state index in [1.54, 1.807) is 0 Å². The second kappa shape index (κ2) is 6.86. The van der Waals surface area contributed by atoms with Crippen molar-refractivity contribution >= 4 is 5.97 Å². The van der Waals surface area contributed by atoms with Crippen LogP contribution >= 0.6 is 0 Å². The van der Waals surface area contributed by atoms with Gasteiger partial charge in [-0.2, -0.15) is 0 Å². The average molecular weight is 229 g/mol. The first-order valence-corrected chi connectivity index (χ1v) is 6.20. The number of hydrogen-bond acceptors (Lipinski definition) is 3. The summed E-state index contributed by atoms with van der Waals surface area (Å²) >= 11 is 0. The molecular weight excluding hydrogens is 206 g/mol. The molecule has 0 saturated carbocycles. The molecule has 1 aliphatic heterocycles. The fourth-order valence-corrected chi connectivity index (χ4v) is 2.38. The normalized spacial score (nSPS) is 24.2. The number of likely N-dealkylation sites (tertiary alicyclic amines) is 1. The molecule has 4 heteroatoms. The van der Waals surface area contributed by atoms with Crippen molar-refractivity contribution in [3.63, 3.8) is 0 Å². The van der Waals surface area contributed by atoms with Crippen LogP contribution in [0.3, 0.4) is 0 Å². The van der Waals surface area contributed by atoms with Crippen molar-refractivity contribution in [2.75, 3.05) is 19.7 Å². The molecule has 0 radical (unpaired) electrons. The molecule has 2 atom stereocenters. The number of aliphatic hydroxyl groups is 1. The van der Waals surface area contributed by atoms with Gasteiger partial charge in [0.1, 0.15) is 0 Å². The van der Waals surface area contributed by atoms with Gasteiger partial charge >= 0.3 is 5.97 Å². The molecule has 2 unspecified atom stereocenters. The highest BCUT2D eigenvalue weighted by Gasteiger charge is 2.23. The van der Waals surface area contributed by atoms with Gasteiger partial charge in [0.15, 0.2) is 0 Å². The van der Waals surface area contributed by atoms with Gasteiger partial charge in [-0.25, -0.2) is 0 Å². The third-order valence-corrected chi connectivity index (χ3v) is 3.30. The summed E-state index contributed by atoms with van der Waals surface area (Å²) in [6.45, 7) is 4.18. The van der Waals surface area contributed by atoms with E-state index in [-0.39, 0.29) is 18.9 Å². The molecule has 1 aliphatic rings. The Balaban J connectivity index is 2.40. The molecule has 16 heavy (non-hydrogen) atoms. The Morgan fingerprint density at radius 3 is 2.88 bits per heavy atom. The minimum atomic E-state index is -0.708. The van der Waals surface area contributed by atoms with Gasteiger partial charge in [-0.3, -0.25) is 4.79 Å². The van der Waals surface area contributed by atoms with Gasteiger partial charge in [0.05, 0.1) is 0 Å². The Kier molecular flexibility index (Phi) is 5.77. The maximum absolute atomic E-state index is 10.6. The quantitative estimate of drug-likeness (QED) is 0.721. The van der Waals surface area contributed by atoms with Crippen molar-refractivity contribution in [1.82, 2.24) is 4.90 Å². The van der Waals surface area contributed by atoms with Crippen LogP contribution in [-0.4, -0.2) is 46.8 Å². The first-order valence-electron chi connectivity index (χ1n) is 6.20. The van der Waals surface area contributed by atoms with Gasteiger partial charge in [-0.15, -0.1) is 0 Å². The van der Waals surface area contributed by atoms with E-state index >= 15 is 0 Å². The summed E-state index contributed by atoms with van der Waals surface area (Å²) in [6, 6.07) is 0.402. The molecule has 1 fully saturated rings. The molecule has 0 aliphatic carbocycles. The van der Waals surface area contributed by atoms with E-state index in [1.807, 2.05) is 6.92 Å². The minimum Gasteiger partial charge on any atom is -0.481 e. The molecule has 0 aromatic heterocycles. The van der Waals surface area contributed by atoms with E-state index in [9.17, 15) is 4.79 Å². The molecule has 4 nitrogen and oxygen atoms in total. The summed E-state index contributed by atoms with van der Waals surface area (Å²) in [5.74, 6) is -0.425. The van der Waals surface area contributed by atoms with Crippen LogP contribution in [0.2, 0.25) is 0 Å². The maximum atomic E-state index is 10.6. The Hall–Kier alpha value is -0.610. The molecule has 1 saturated heterocycles. The van der Waals surface area contributed by atoms with Crippen molar-refractivity contribution in [1.29, 1.82) is 0 Å². The molecule has 0 spiro atoms. The third kappa shape index (κ3) is 4.49. The Morgan fingerprint density at radius 1 is 1.50 bits per heavy atom.